The molecule has 0 aliphatic heterocycles. The van der Waals surface area contributed by atoms with Crippen molar-refractivity contribution in [1.29, 1.82) is 0 Å². The Hall–Kier alpha value is -3.76. The third kappa shape index (κ3) is 6.56. The molecule has 4 aromatic carbocycles. The molecule has 196 valence electrons. The van der Waals surface area contributed by atoms with Gasteiger partial charge in [-0.25, -0.2) is 8.42 Å². The van der Waals surface area contributed by atoms with E-state index in [0.717, 1.165) is 33.6 Å². The van der Waals surface area contributed by atoms with E-state index in [4.69, 9.17) is 0 Å². The summed E-state index contributed by atoms with van der Waals surface area (Å²) in [5.74, 6) is -0.709. The number of halogens is 3. The number of alkyl halides is 3. The second-order valence-electron chi connectivity index (χ2n) is 8.33. The number of sulfonamides is 1. The van der Waals surface area contributed by atoms with Crippen LogP contribution >= 0.6 is 11.8 Å². The van der Waals surface area contributed by atoms with Gasteiger partial charge in [0, 0.05) is 9.79 Å². The van der Waals surface area contributed by atoms with Crippen molar-refractivity contribution in [3.63, 3.8) is 0 Å². The topological polar surface area (TPSA) is 66.5 Å². The Kier molecular flexibility index (Phi) is 8.13. The average molecular weight is 557 g/mol. The van der Waals surface area contributed by atoms with Gasteiger partial charge in [0.1, 0.15) is 6.54 Å². The van der Waals surface area contributed by atoms with Crippen molar-refractivity contribution < 1.29 is 26.4 Å². The van der Waals surface area contributed by atoms with Crippen LogP contribution in [0.5, 0.6) is 0 Å². The molecule has 4 aromatic rings. The number of nitrogens with one attached hydrogen (secondary N) is 1. The first kappa shape index (κ1) is 27.3. The van der Waals surface area contributed by atoms with Crippen molar-refractivity contribution in [2.45, 2.75) is 27.8 Å². The van der Waals surface area contributed by atoms with Gasteiger partial charge >= 0.3 is 6.18 Å². The van der Waals surface area contributed by atoms with E-state index in [9.17, 15) is 26.4 Å². The van der Waals surface area contributed by atoms with E-state index < -0.39 is 34.2 Å². The second-order valence-corrected chi connectivity index (χ2v) is 11.3. The number of hydrogen-bond acceptors (Lipinski definition) is 4. The van der Waals surface area contributed by atoms with Crippen molar-refractivity contribution in [2.24, 2.45) is 0 Å². The summed E-state index contributed by atoms with van der Waals surface area (Å²) in [5, 5.41) is 2.72. The first-order valence-electron chi connectivity index (χ1n) is 11.4. The highest BCUT2D eigenvalue weighted by Crippen LogP contribution is 2.35. The maximum Gasteiger partial charge on any atom is 0.416 e. The number of hydrogen-bond donors (Lipinski definition) is 1. The molecule has 0 aliphatic carbocycles. The Bertz CT molecular complexity index is 1530. The molecular weight excluding hydrogens is 533 g/mol. The lowest BCUT2D eigenvalue weighted by Gasteiger charge is -2.25. The molecule has 0 saturated heterocycles. The van der Waals surface area contributed by atoms with Gasteiger partial charge < -0.3 is 5.32 Å². The lowest BCUT2D eigenvalue weighted by molar-refractivity contribution is -0.137. The fourth-order valence-electron chi connectivity index (χ4n) is 3.58. The summed E-state index contributed by atoms with van der Waals surface area (Å²) in [7, 11) is -4.38. The SMILES string of the molecule is Cc1ccc(S(=O)(=O)N(CC(=O)Nc2ccccc2Sc2ccccc2)c2cccc(C(F)(F)F)c2)cc1. The molecule has 4 rings (SSSR count). The molecule has 0 heterocycles. The molecule has 0 unspecified atom stereocenters. The third-order valence-electron chi connectivity index (χ3n) is 5.49. The van der Waals surface area contributed by atoms with Gasteiger partial charge in [-0.2, -0.15) is 13.2 Å². The lowest BCUT2D eigenvalue weighted by Crippen LogP contribution is -2.38. The van der Waals surface area contributed by atoms with Gasteiger partial charge in [0.15, 0.2) is 0 Å². The summed E-state index contributed by atoms with van der Waals surface area (Å²) in [5.41, 5.74) is -0.0467. The largest absolute Gasteiger partial charge is 0.416 e. The molecule has 0 spiro atoms. The van der Waals surface area contributed by atoms with Crippen LogP contribution in [0.1, 0.15) is 11.1 Å². The molecule has 0 atom stereocenters. The van der Waals surface area contributed by atoms with E-state index in [1.54, 1.807) is 43.3 Å². The van der Waals surface area contributed by atoms with Gasteiger partial charge in [-0.3, -0.25) is 9.10 Å². The smallest absolute Gasteiger partial charge is 0.323 e. The normalized spacial score (nSPS) is 11.7. The average Bonchev–Trinajstić information content (AvgIpc) is 2.89. The van der Waals surface area contributed by atoms with Crippen molar-refractivity contribution in [1.82, 2.24) is 0 Å². The fourth-order valence-corrected chi connectivity index (χ4v) is 5.92. The van der Waals surface area contributed by atoms with Crippen molar-refractivity contribution >= 4 is 39.1 Å². The van der Waals surface area contributed by atoms with Crippen molar-refractivity contribution in [3.05, 3.63) is 114 Å². The van der Waals surface area contributed by atoms with E-state index in [1.165, 1.54) is 30.0 Å². The van der Waals surface area contributed by atoms with Crippen LogP contribution in [0, 0.1) is 6.92 Å². The minimum atomic E-state index is -4.69. The molecule has 0 aromatic heterocycles. The van der Waals surface area contributed by atoms with Crippen LogP contribution in [0.3, 0.4) is 0 Å². The fraction of sp³-hybridized carbons (Fsp3) is 0.107. The van der Waals surface area contributed by atoms with E-state index in [2.05, 4.69) is 5.32 Å². The summed E-state index contributed by atoms with van der Waals surface area (Å²) in [6.07, 6.45) is -4.69. The summed E-state index contributed by atoms with van der Waals surface area (Å²) >= 11 is 1.41. The zero-order valence-corrected chi connectivity index (χ0v) is 21.8. The summed E-state index contributed by atoms with van der Waals surface area (Å²) in [6.45, 7) is 1.04. The summed E-state index contributed by atoms with van der Waals surface area (Å²) < 4.78 is 68.1. The van der Waals surface area contributed by atoms with Crippen LogP contribution in [0.15, 0.2) is 118 Å². The first-order chi connectivity index (χ1) is 18.0. The van der Waals surface area contributed by atoms with Gasteiger partial charge in [-0.15, -0.1) is 0 Å². The van der Waals surface area contributed by atoms with Gasteiger partial charge in [-0.1, -0.05) is 65.9 Å². The van der Waals surface area contributed by atoms with Gasteiger partial charge in [0.25, 0.3) is 10.0 Å². The molecule has 1 N–H and O–H groups in total. The van der Waals surface area contributed by atoms with Gasteiger partial charge in [0.05, 0.1) is 21.8 Å². The van der Waals surface area contributed by atoms with Gasteiger partial charge in [-0.05, 0) is 61.5 Å². The number of aryl methyl sites for hydroxylation is 1. The molecule has 0 saturated carbocycles. The van der Waals surface area contributed by atoms with Crippen LogP contribution in [0.2, 0.25) is 0 Å². The second kappa shape index (κ2) is 11.3. The molecule has 0 radical (unpaired) electrons. The number of benzene rings is 4. The maximum atomic E-state index is 13.6. The molecule has 0 bridgehead atoms. The quantitative estimate of drug-likeness (QED) is 0.254. The molecular formula is C28H23F3N2O3S2. The maximum absolute atomic E-state index is 13.6. The lowest BCUT2D eigenvalue weighted by atomic mass is 10.2. The van der Waals surface area contributed by atoms with Crippen LogP contribution in [0.25, 0.3) is 0 Å². The number of nitrogens with zero attached hydrogens (tertiary/aromatic N) is 1. The van der Waals surface area contributed by atoms with Crippen LogP contribution in [-0.2, 0) is 21.0 Å². The number of carbonyl (C=O) groups is 1. The highest BCUT2D eigenvalue weighted by molar-refractivity contribution is 7.99. The standard InChI is InChI=1S/C28H23F3N2O3S2/c1-20-14-16-24(17-15-20)38(35,36)33(22-9-7-8-21(18-22)28(29,30)31)19-27(34)32-25-12-5-6-13-26(25)37-23-10-3-2-4-11-23/h2-18H,19H2,1H3,(H,32,34). The zero-order chi connectivity index (χ0) is 27.3. The molecule has 0 fully saturated rings. The zero-order valence-electron chi connectivity index (χ0n) is 20.1. The van der Waals surface area contributed by atoms with Crippen molar-refractivity contribution in [3.8, 4) is 0 Å². The minimum absolute atomic E-state index is 0.145. The van der Waals surface area contributed by atoms with E-state index >= 15 is 0 Å². The Labute approximate surface area is 223 Å². The van der Waals surface area contributed by atoms with E-state index in [0.29, 0.717) is 9.99 Å². The van der Waals surface area contributed by atoms with Crippen LogP contribution in [0.4, 0.5) is 24.5 Å². The van der Waals surface area contributed by atoms with Gasteiger partial charge in [0.2, 0.25) is 5.91 Å². The highest BCUT2D eigenvalue weighted by atomic mass is 32.2. The minimum Gasteiger partial charge on any atom is -0.323 e. The number of para-hydroxylation sites is 1. The molecule has 10 heteroatoms. The molecule has 5 nitrogen and oxygen atoms in total. The number of amides is 1. The van der Waals surface area contributed by atoms with Crippen LogP contribution < -0.4 is 9.62 Å². The van der Waals surface area contributed by atoms with E-state index in [1.807, 2.05) is 30.3 Å². The summed E-state index contributed by atoms with van der Waals surface area (Å²) in [6, 6.07) is 26.2. The monoisotopic (exact) mass is 556 g/mol. The third-order valence-corrected chi connectivity index (χ3v) is 8.36. The molecule has 1 amide bonds. The predicted octanol–water partition coefficient (Wildman–Crippen LogP) is 7.00. The number of anilines is 2. The Balaban J connectivity index is 1.67. The highest BCUT2D eigenvalue weighted by Gasteiger charge is 2.33. The Morgan fingerprint density at radius 1 is 0.868 bits per heavy atom. The van der Waals surface area contributed by atoms with Crippen LogP contribution in [-0.4, -0.2) is 20.9 Å². The van der Waals surface area contributed by atoms with E-state index in [-0.39, 0.29) is 10.6 Å². The number of carbonyl (C=O) groups excluding carboxylic acids is 1. The Morgan fingerprint density at radius 2 is 1.53 bits per heavy atom. The summed E-state index contributed by atoms with van der Waals surface area (Å²) in [4.78, 5) is 14.7. The molecule has 0 aliphatic rings. The number of rotatable bonds is 8. The predicted molar refractivity (Wildman–Crippen MR) is 143 cm³/mol. The first-order valence-corrected chi connectivity index (χ1v) is 13.7. The Morgan fingerprint density at radius 3 is 2.21 bits per heavy atom. The molecule has 38 heavy (non-hydrogen) atoms. The van der Waals surface area contributed by atoms with Crippen molar-refractivity contribution in [2.75, 3.05) is 16.2 Å².